The quantitative estimate of drug-likeness (QED) is 0.815. The Hall–Kier alpha value is -1.57. The van der Waals surface area contributed by atoms with E-state index >= 15 is 0 Å². The minimum Gasteiger partial charge on any atom is -0.478 e. The highest BCUT2D eigenvalue weighted by molar-refractivity contribution is 5.88. The maximum Gasteiger partial charge on any atom is 0.331 e. The van der Waals surface area contributed by atoms with Crippen molar-refractivity contribution in [2.24, 2.45) is 5.92 Å². The van der Waals surface area contributed by atoms with Gasteiger partial charge in [0.1, 0.15) is 0 Å². The van der Waals surface area contributed by atoms with E-state index in [1.54, 1.807) is 0 Å². The molecular weight excluding hydrogens is 188 g/mol. The summed E-state index contributed by atoms with van der Waals surface area (Å²) in [6.45, 7) is 0. The average Bonchev–Trinajstić information content (AvgIpc) is 2.16. The van der Waals surface area contributed by atoms with Gasteiger partial charge >= 0.3 is 5.97 Å². The summed E-state index contributed by atoms with van der Waals surface area (Å²) >= 11 is 0. The minimum atomic E-state index is -0.758. The molecule has 2 rings (SSSR count). The molecule has 0 aromatic heterocycles. The van der Waals surface area contributed by atoms with Crippen LogP contribution in [0.2, 0.25) is 0 Å². The predicted octanol–water partition coefficient (Wildman–Crippen LogP) is 2.65. The average molecular weight is 202 g/mol. The lowest BCUT2D eigenvalue weighted by Gasteiger charge is -2.22. The van der Waals surface area contributed by atoms with Crippen LogP contribution in [0.3, 0.4) is 0 Å². The summed E-state index contributed by atoms with van der Waals surface area (Å²) in [6.07, 6.45) is 4.71. The van der Waals surface area contributed by atoms with Crippen molar-refractivity contribution in [1.29, 1.82) is 0 Å². The summed E-state index contributed by atoms with van der Waals surface area (Å²) < 4.78 is 0. The highest BCUT2D eigenvalue weighted by Crippen LogP contribution is 2.29. The summed E-state index contributed by atoms with van der Waals surface area (Å²) in [5.41, 5.74) is 1.91. The standard InChI is InChI=1S/C13H14O2/c14-13(15)12-8-11(9-12)7-6-10-4-2-1-3-5-10/h1-5,8,11H,6-7,9H2,(H,14,15). The van der Waals surface area contributed by atoms with E-state index in [0.29, 0.717) is 11.5 Å². The molecule has 0 amide bonds. The van der Waals surface area contributed by atoms with Gasteiger partial charge in [-0.3, -0.25) is 0 Å². The third-order valence-electron chi connectivity index (χ3n) is 2.84. The van der Waals surface area contributed by atoms with Crippen LogP contribution in [0, 0.1) is 5.92 Å². The fourth-order valence-corrected chi connectivity index (χ4v) is 1.87. The smallest absolute Gasteiger partial charge is 0.331 e. The van der Waals surface area contributed by atoms with Crippen LogP contribution in [0.4, 0.5) is 0 Å². The van der Waals surface area contributed by atoms with Crippen LogP contribution in [-0.4, -0.2) is 11.1 Å². The summed E-state index contributed by atoms with van der Waals surface area (Å²) in [5, 5.41) is 8.67. The molecule has 0 saturated carbocycles. The zero-order valence-corrected chi connectivity index (χ0v) is 8.52. The highest BCUT2D eigenvalue weighted by atomic mass is 16.4. The van der Waals surface area contributed by atoms with E-state index in [9.17, 15) is 4.79 Å². The van der Waals surface area contributed by atoms with Gasteiger partial charge in [-0.1, -0.05) is 36.4 Å². The Balaban J connectivity index is 1.80. The Morgan fingerprint density at radius 3 is 2.60 bits per heavy atom. The molecule has 0 saturated heterocycles. The monoisotopic (exact) mass is 202 g/mol. The lowest BCUT2D eigenvalue weighted by atomic mass is 9.82. The van der Waals surface area contributed by atoms with Gasteiger partial charge < -0.3 is 5.11 Å². The van der Waals surface area contributed by atoms with Crippen LogP contribution < -0.4 is 0 Å². The molecule has 1 atom stereocenters. The first-order chi connectivity index (χ1) is 7.25. The second-order valence-electron chi connectivity index (χ2n) is 3.99. The number of carboxylic acid groups (broad SMARTS) is 1. The van der Waals surface area contributed by atoms with Crippen LogP contribution in [-0.2, 0) is 11.2 Å². The SMILES string of the molecule is O=C(O)C1=CC(CCc2ccccc2)C1. The first-order valence-electron chi connectivity index (χ1n) is 5.23. The van der Waals surface area contributed by atoms with Crippen molar-refractivity contribution in [2.45, 2.75) is 19.3 Å². The topological polar surface area (TPSA) is 37.3 Å². The Labute approximate surface area is 89.2 Å². The van der Waals surface area contributed by atoms with Gasteiger partial charge in [0, 0.05) is 5.57 Å². The Morgan fingerprint density at radius 2 is 2.00 bits per heavy atom. The summed E-state index contributed by atoms with van der Waals surface area (Å²) in [5.74, 6) is -0.290. The number of carbonyl (C=O) groups is 1. The molecule has 1 unspecified atom stereocenters. The van der Waals surface area contributed by atoms with E-state index in [1.165, 1.54) is 5.56 Å². The predicted molar refractivity (Wildman–Crippen MR) is 58.6 cm³/mol. The lowest BCUT2D eigenvalue weighted by Crippen LogP contribution is -2.17. The van der Waals surface area contributed by atoms with E-state index in [1.807, 2.05) is 24.3 Å². The van der Waals surface area contributed by atoms with Crippen LogP contribution in [0.15, 0.2) is 42.0 Å². The summed E-state index contributed by atoms with van der Waals surface area (Å²) in [7, 11) is 0. The molecule has 2 heteroatoms. The second kappa shape index (κ2) is 4.30. The van der Waals surface area contributed by atoms with Crippen molar-refractivity contribution < 1.29 is 9.90 Å². The van der Waals surface area contributed by atoms with E-state index in [2.05, 4.69) is 12.1 Å². The molecule has 0 bridgehead atoms. The number of benzene rings is 1. The number of aryl methyl sites for hydroxylation is 1. The number of carboxylic acids is 1. The lowest BCUT2D eigenvalue weighted by molar-refractivity contribution is -0.133. The maximum absolute atomic E-state index is 10.5. The molecule has 1 N–H and O–H groups in total. The van der Waals surface area contributed by atoms with Crippen LogP contribution in [0.1, 0.15) is 18.4 Å². The van der Waals surface area contributed by atoms with Crippen molar-refractivity contribution in [3.05, 3.63) is 47.5 Å². The molecule has 0 fully saturated rings. The van der Waals surface area contributed by atoms with Gasteiger partial charge in [0.25, 0.3) is 0 Å². The number of hydrogen-bond donors (Lipinski definition) is 1. The van der Waals surface area contributed by atoms with E-state index in [0.717, 1.165) is 19.3 Å². The molecule has 0 radical (unpaired) electrons. The maximum atomic E-state index is 10.5. The number of allylic oxidation sites excluding steroid dienone is 1. The Kier molecular flexibility index (Phi) is 2.86. The minimum absolute atomic E-state index is 0.469. The third kappa shape index (κ3) is 2.46. The van der Waals surface area contributed by atoms with Crippen molar-refractivity contribution >= 4 is 5.97 Å². The number of rotatable bonds is 4. The largest absolute Gasteiger partial charge is 0.478 e. The fourth-order valence-electron chi connectivity index (χ4n) is 1.87. The van der Waals surface area contributed by atoms with Gasteiger partial charge in [-0.05, 0) is 30.7 Å². The molecule has 0 aliphatic heterocycles. The molecular formula is C13H14O2. The second-order valence-corrected chi connectivity index (χ2v) is 3.99. The van der Waals surface area contributed by atoms with Gasteiger partial charge in [0.2, 0.25) is 0 Å². The molecule has 1 aliphatic rings. The molecule has 2 nitrogen and oxygen atoms in total. The molecule has 0 heterocycles. The van der Waals surface area contributed by atoms with Gasteiger partial charge in [0.05, 0.1) is 0 Å². The first-order valence-corrected chi connectivity index (χ1v) is 5.23. The van der Waals surface area contributed by atoms with Gasteiger partial charge in [-0.25, -0.2) is 4.79 Å². The van der Waals surface area contributed by atoms with Crippen molar-refractivity contribution in [2.75, 3.05) is 0 Å². The van der Waals surface area contributed by atoms with E-state index < -0.39 is 5.97 Å². The summed E-state index contributed by atoms with van der Waals surface area (Å²) in [4.78, 5) is 10.5. The number of hydrogen-bond acceptors (Lipinski definition) is 1. The van der Waals surface area contributed by atoms with Gasteiger partial charge in [-0.2, -0.15) is 0 Å². The fraction of sp³-hybridized carbons (Fsp3) is 0.308. The van der Waals surface area contributed by atoms with Crippen LogP contribution in [0.5, 0.6) is 0 Å². The highest BCUT2D eigenvalue weighted by Gasteiger charge is 2.23. The van der Waals surface area contributed by atoms with Crippen molar-refractivity contribution in [1.82, 2.24) is 0 Å². The Morgan fingerprint density at radius 1 is 1.33 bits per heavy atom. The molecule has 78 valence electrons. The summed E-state index contributed by atoms with van der Waals surface area (Å²) in [6, 6.07) is 10.3. The number of aliphatic carboxylic acids is 1. The molecule has 1 aliphatic carbocycles. The van der Waals surface area contributed by atoms with Crippen molar-refractivity contribution in [3.8, 4) is 0 Å². The van der Waals surface area contributed by atoms with Crippen LogP contribution >= 0.6 is 0 Å². The molecule has 1 aromatic carbocycles. The zero-order chi connectivity index (χ0) is 10.7. The van der Waals surface area contributed by atoms with Crippen molar-refractivity contribution in [3.63, 3.8) is 0 Å². The first kappa shape index (κ1) is 9.97. The zero-order valence-electron chi connectivity index (χ0n) is 8.52. The Bertz CT molecular complexity index is 379. The van der Waals surface area contributed by atoms with Crippen LogP contribution in [0.25, 0.3) is 0 Å². The molecule has 15 heavy (non-hydrogen) atoms. The normalized spacial score (nSPS) is 19.2. The van der Waals surface area contributed by atoms with E-state index in [-0.39, 0.29) is 0 Å². The van der Waals surface area contributed by atoms with E-state index in [4.69, 9.17) is 5.11 Å². The third-order valence-corrected chi connectivity index (χ3v) is 2.84. The molecule has 1 aromatic rings. The van der Waals surface area contributed by atoms with Gasteiger partial charge in [-0.15, -0.1) is 0 Å². The van der Waals surface area contributed by atoms with Gasteiger partial charge in [0.15, 0.2) is 0 Å². The molecule has 0 spiro atoms.